The van der Waals surface area contributed by atoms with Crippen LogP contribution in [0, 0.1) is 0 Å². The minimum Gasteiger partial charge on any atom is -0.493 e. The van der Waals surface area contributed by atoms with Gasteiger partial charge in [0.1, 0.15) is 0 Å². The standard InChI is InChI=1S/C21H25NO6S/c1-6-8-15-9-14(10-16(26-4)19(15)28-12-18(23)27-5)11-17-20(24)22(13(3)7-2)21(25)29-17/h6,9-11,13H,1,7-8,12H2,2-5H3. The predicted octanol–water partition coefficient (Wildman–Crippen LogP) is 3.81. The van der Waals surface area contributed by atoms with E-state index in [1.165, 1.54) is 19.1 Å². The van der Waals surface area contributed by atoms with Crippen molar-refractivity contribution in [2.24, 2.45) is 0 Å². The maximum atomic E-state index is 12.7. The van der Waals surface area contributed by atoms with Gasteiger partial charge in [0.05, 0.1) is 19.1 Å². The molecule has 0 aromatic heterocycles. The SMILES string of the molecule is C=CCc1cc(C=C2SC(=O)N(C(C)CC)C2=O)cc(OC)c1OCC(=O)OC. The molecule has 0 bridgehead atoms. The van der Waals surface area contributed by atoms with E-state index in [1.54, 1.807) is 18.2 Å². The van der Waals surface area contributed by atoms with E-state index < -0.39 is 5.97 Å². The van der Waals surface area contributed by atoms with Crippen LogP contribution in [0.25, 0.3) is 6.08 Å². The van der Waals surface area contributed by atoms with Gasteiger partial charge in [-0.2, -0.15) is 0 Å². The minimum absolute atomic E-state index is 0.159. The van der Waals surface area contributed by atoms with Gasteiger partial charge >= 0.3 is 5.97 Å². The lowest BCUT2D eigenvalue weighted by atomic mass is 10.0. The van der Waals surface area contributed by atoms with Crippen molar-refractivity contribution >= 4 is 35.0 Å². The van der Waals surface area contributed by atoms with Crippen molar-refractivity contribution in [1.29, 1.82) is 0 Å². The summed E-state index contributed by atoms with van der Waals surface area (Å²) in [4.78, 5) is 38.0. The highest BCUT2D eigenvalue weighted by atomic mass is 32.2. The number of rotatable bonds is 9. The zero-order chi connectivity index (χ0) is 21.6. The van der Waals surface area contributed by atoms with Gasteiger partial charge in [0.2, 0.25) is 0 Å². The van der Waals surface area contributed by atoms with E-state index >= 15 is 0 Å². The molecule has 1 saturated heterocycles. The zero-order valence-electron chi connectivity index (χ0n) is 17.0. The van der Waals surface area contributed by atoms with Crippen molar-refractivity contribution in [3.63, 3.8) is 0 Å². The molecule has 1 unspecified atom stereocenters. The van der Waals surface area contributed by atoms with E-state index in [4.69, 9.17) is 9.47 Å². The minimum atomic E-state index is -0.514. The van der Waals surface area contributed by atoms with Gasteiger partial charge in [-0.15, -0.1) is 6.58 Å². The molecule has 0 N–H and O–H groups in total. The van der Waals surface area contributed by atoms with Crippen LogP contribution < -0.4 is 9.47 Å². The van der Waals surface area contributed by atoms with E-state index in [0.29, 0.717) is 34.8 Å². The molecule has 1 aliphatic rings. The summed E-state index contributed by atoms with van der Waals surface area (Å²) in [6, 6.07) is 3.35. The van der Waals surface area contributed by atoms with Crippen molar-refractivity contribution < 1.29 is 28.6 Å². The van der Waals surface area contributed by atoms with Crippen LogP contribution in [-0.2, 0) is 20.7 Å². The second-order valence-electron chi connectivity index (χ2n) is 6.38. The molecule has 1 aromatic rings. The number of methoxy groups -OCH3 is 2. The molecule has 1 atom stereocenters. The molecule has 7 nitrogen and oxygen atoms in total. The number of imide groups is 1. The Morgan fingerprint density at radius 3 is 2.62 bits per heavy atom. The molecule has 8 heteroatoms. The number of hydrogen-bond acceptors (Lipinski definition) is 7. The Bertz CT molecular complexity index is 848. The Kier molecular flexibility index (Phi) is 7.90. The molecule has 1 fully saturated rings. The maximum absolute atomic E-state index is 12.7. The van der Waals surface area contributed by atoms with E-state index in [-0.39, 0.29) is 23.8 Å². The largest absolute Gasteiger partial charge is 0.493 e. The lowest BCUT2D eigenvalue weighted by molar-refractivity contribution is -0.143. The Labute approximate surface area is 174 Å². The van der Waals surface area contributed by atoms with E-state index in [2.05, 4.69) is 11.3 Å². The van der Waals surface area contributed by atoms with Crippen LogP contribution in [0.2, 0.25) is 0 Å². The fourth-order valence-electron chi connectivity index (χ4n) is 2.77. The molecule has 1 aromatic carbocycles. The van der Waals surface area contributed by atoms with Crippen LogP contribution in [-0.4, -0.2) is 48.9 Å². The fourth-order valence-corrected chi connectivity index (χ4v) is 3.70. The third-order valence-electron chi connectivity index (χ3n) is 4.45. The number of benzene rings is 1. The summed E-state index contributed by atoms with van der Waals surface area (Å²) < 4.78 is 15.6. The molecular formula is C21H25NO6S. The highest BCUT2D eigenvalue weighted by molar-refractivity contribution is 8.18. The number of thioether (sulfide) groups is 1. The highest BCUT2D eigenvalue weighted by Crippen LogP contribution is 2.37. The third kappa shape index (κ3) is 5.20. The number of esters is 1. The average Bonchev–Trinajstić information content (AvgIpc) is 2.99. The quantitative estimate of drug-likeness (QED) is 0.342. The lowest BCUT2D eigenvalue weighted by Crippen LogP contribution is -2.36. The summed E-state index contributed by atoms with van der Waals surface area (Å²) in [5, 5.41) is -0.271. The fraction of sp³-hybridized carbons (Fsp3) is 0.381. The molecule has 0 spiro atoms. The molecule has 0 radical (unpaired) electrons. The second-order valence-corrected chi connectivity index (χ2v) is 7.37. The summed E-state index contributed by atoms with van der Waals surface area (Å²) in [5.74, 6) is -0.00711. The highest BCUT2D eigenvalue weighted by Gasteiger charge is 2.37. The molecule has 1 aliphatic heterocycles. The van der Waals surface area contributed by atoms with Gasteiger partial charge in [0.15, 0.2) is 18.1 Å². The van der Waals surface area contributed by atoms with E-state index in [9.17, 15) is 14.4 Å². The number of carbonyl (C=O) groups excluding carboxylic acids is 3. The molecule has 0 aliphatic carbocycles. The van der Waals surface area contributed by atoms with Gasteiger partial charge in [0, 0.05) is 11.6 Å². The van der Waals surface area contributed by atoms with Crippen molar-refractivity contribution in [2.75, 3.05) is 20.8 Å². The Balaban J connectivity index is 2.41. The summed E-state index contributed by atoms with van der Waals surface area (Å²) in [6.07, 6.45) is 4.50. The molecule has 2 rings (SSSR count). The van der Waals surface area contributed by atoms with Gasteiger partial charge in [0.25, 0.3) is 11.1 Å². The lowest BCUT2D eigenvalue weighted by Gasteiger charge is -2.19. The van der Waals surface area contributed by atoms with Crippen LogP contribution in [0.3, 0.4) is 0 Å². The maximum Gasteiger partial charge on any atom is 0.343 e. The summed E-state index contributed by atoms with van der Waals surface area (Å²) in [6.45, 7) is 7.26. The molecule has 29 heavy (non-hydrogen) atoms. The van der Waals surface area contributed by atoms with Crippen LogP contribution >= 0.6 is 11.8 Å². The Hall–Kier alpha value is -2.74. The van der Waals surface area contributed by atoms with Crippen LogP contribution in [0.15, 0.2) is 29.7 Å². The molecule has 156 valence electrons. The van der Waals surface area contributed by atoms with Crippen molar-refractivity contribution in [3.8, 4) is 11.5 Å². The number of hydrogen-bond donors (Lipinski definition) is 0. The second kappa shape index (κ2) is 10.2. The van der Waals surface area contributed by atoms with Gasteiger partial charge < -0.3 is 14.2 Å². The number of allylic oxidation sites excluding steroid dienone is 1. The normalized spacial score (nSPS) is 16.1. The summed E-state index contributed by atoms with van der Waals surface area (Å²) in [7, 11) is 2.77. The molecule has 2 amide bonds. The van der Waals surface area contributed by atoms with Gasteiger partial charge in [-0.1, -0.05) is 13.0 Å². The average molecular weight is 419 g/mol. The Morgan fingerprint density at radius 2 is 2.03 bits per heavy atom. The number of carbonyl (C=O) groups is 3. The monoisotopic (exact) mass is 419 g/mol. The van der Waals surface area contributed by atoms with Crippen molar-refractivity contribution in [3.05, 3.63) is 40.8 Å². The molecule has 1 heterocycles. The van der Waals surface area contributed by atoms with E-state index in [0.717, 1.165) is 17.3 Å². The first kappa shape index (κ1) is 22.5. The molecule has 0 saturated carbocycles. The van der Waals surface area contributed by atoms with Gasteiger partial charge in [-0.3, -0.25) is 14.5 Å². The number of ether oxygens (including phenoxy) is 3. The first-order chi connectivity index (χ1) is 13.9. The summed E-state index contributed by atoms with van der Waals surface area (Å²) >= 11 is 0.919. The topological polar surface area (TPSA) is 82.1 Å². The van der Waals surface area contributed by atoms with Crippen LogP contribution in [0.4, 0.5) is 4.79 Å². The smallest absolute Gasteiger partial charge is 0.343 e. The van der Waals surface area contributed by atoms with Crippen LogP contribution in [0.1, 0.15) is 31.4 Å². The van der Waals surface area contributed by atoms with Gasteiger partial charge in [-0.05, 0) is 55.3 Å². The predicted molar refractivity (Wildman–Crippen MR) is 112 cm³/mol. The van der Waals surface area contributed by atoms with Crippen LogP contribution in [0.5, 0.6) is 11.5 Å². The Morgan fingerprint density at radius 1 is 1.31 bits per heavy atom. The number of nitrogens with zero attached hydrogens (tertiary/aromatic N) is 1. The summed E-state index contributed by atoms with van der Waals surface area (Å²) in [5.41, 5.74) is 1.41. The van der Waals surface area contributed by atoms with E-state index in [1.807, 2.05) is 19.9 Å². The molecular weight excluding hydrogens is 394 g/mol. The first-order valence-corrected chi connectivity index (χ1v) is 9.96. The zero-order valence-corrected chi connectivity index (χ0v) is 17.8. The van der Waals surface area contributed by atoms with Gasteiger partial charge in [-0.25, -0.2) is 4.79 Å². The number of amides is 2. The first-order valence-electron chi connectivity index (χ1n) is 9.14. The van der Waals surface area contributed by atoms with Crippen molar-refractivity contribution in [1.82, 2.24) is 4.90 Å². The van der Waals surface area contributed by atoms with Crippen molar-refractivity contribution in [2.45, 2.75) is 32.7 Å². The third-order valence-corrected chi connectivity index (χ3v) is 5.34.